The van der Waals surface area contributed by atoms with E-state index in [9.17, 15) is 4.79 Å². The summed E-state index contributed by atoms with van der Waals surface area (Å²) in [5.41, 5.74) is 5.75. The maximum atomic E-state index is 12.6. The maximum absolute atomic E-state index is 12.6. The Labute approximate surface area is 191 Å². The number of anilines is 2. The van der Waals surface area contributed by atoms with E-state index in [4.69, 9.17) is 4.74 Å². The van der Waals surface area contributed by atoms with E-state index >= 15 is 0 Å². The van der Waals surface area contributed by atoms with Crippen molar-refractivity contribution in [2.75, 3.05) is 36.1 Å². The largest absolute Gasteiger partial charge is 0.378 e. The lowest BCUT2D eigenvalue weighted by Gasteiger charge is -2.44. The molecule has 2 fully saturated rings. The first kappa shape index (κ1) is 21.4. The molecule has 5 rings (SSSR count). The highest BCUT2D eigenvalue weighted by atomic mass is 16.5. The van der Waals surface area contributed by atoms with E-state index in [0.29, 0.717) is 23.7 Å². The van der Waals surface area contributed by atoms with Crippen LogP contribution in [0, 0.1) is 24.7 Å². The summed E-state index contributed by atoms with van der Waals surface area (Å²) >= 11 is 0. The van der Waals surface area contributed by atoms with E-state index in [1.807, 2.05) is 24.2 Å². The molecule has 2 unspecified atom stereocenters. The van der Waals surface area contributed by atoms with Gasteiger partial charge >= 0.3 is 0 Å². The first-order chi connectivity index (χ1) is 15.4. The van der Waals surface area contributed by atoms with Gasteiger partial charge in [0, 0.05) is 49.8 Å². The summed E-state index contributed by atoms with van der Waals surface area (Å²) in [5, 5.41) is 0. The van der Waals surface area contributed by atoms with Crippen molar-refractivity contribution in [1.29, 1.82) is 0 Å². The quantitative estimate of drug-likeness (QED) is 0.729. The van der Waals surface area contributed by atoms with Gasteiger partial charge in [-0.1, -0.05) is 6.92 Å². The lowest BCUT2D eigenvalue weighted by molar-refractivity contribution is -0.117. The number of morpholine rings is 1. The first-order valence-electron chi connectivity index (χ1n) is 12.0. The van der Waals surface area contributed by atoms with E-state index in [1.165, 1.54) is 17.7 Å². The number of hydrogen-bond acceptors (Lipinski definition) is 5. The highest BCUT2D eigenvalue weighted by Crippen LogP contribution is 2.57. The fraction of sp³-hybridized carbons (Fsp3) is 0.577. The molecule has 5 atom stereocenters. The molecule has 2 aromatic rings. The number of nitrogens with zero attached hydrogens (tertiary/aromatic N) is 4. The van der Waals surface area contributed by atoms with Crippen LogP contribution in [0.4, 0.5) is 11.4 Å². The van der Waals surface area contributed by atoms with Crippen molar-refractivity contribution in [2.24, 2.45) is 17.8 Å². The predicted molar refractivity (Wildman–Crippen MR) is 126 cm³/mol. The minimum absolute atomic E-state index is 0.130. The number of rotatable bonds is 4. The van der Waals surface area contributed by atoms with Gasteiger partial charge in [-0.3, -0.25) is 14.8 Å². The molecule has 6 heteroatoms. The van der Waals surface area contributed by atoms with Crippen molar-refractivity contribution in [3.63, 3.8) is 0 Å². The second kappa shape index (κ2) is 8.47. The Bertz CT molecular complexity index is 986. The molecule has 1 aromatic heterocycles. The molecule has 1 aliphatic carbocycles. The molecule has 0 spiro atoms. The van der Waals surface area contributed by atoms with Crippen molar-refractivity contribution in [3.8, 4) is 0 Å². The summed E-state index contributed by atoms with van der Waals surface area (Å²) in [6, 6.07) is 6.93. The molecular weight excluding hydrogens is 400 g/mol. The van der Waals surface area contributed by atoms with Gasteiger partial charge in [-0.2, -0.15) is 0 Å². The van der Waals surface area contributed by atoms with Crippen molar-refractivity contribution >= 4 is 17.3 Å². The van der Waals surface area contributed by atoms with Crippen LogP contribution in [0.1, 0.15) is 50.1 Å². The Morgan fingerprint density at radius 3 is 2.62 bits per heavy atom. The summed E-state index contributed by atoms with van der Waals surface area (Å²) < 4.78 is 5.56. The van der Waals surface area contributed by atoms with E-state index < -0.39 is 0 Å². The minimum atomic E-state index is 0.130. The number of carbonyl (C=O) groups is 1. The predicted octanol–water partition coefficient (Wildman–Crippen LogP) is 3.98. The average molecular weight is 435 g/mol. The zero-order valence-electron chi connectivity index (χ0n) is 19.6. The molecule has 1 saturated carbocycles. The number of benzene rings is 1. The Kier molecular flexibility index (Phi) is 5.66. The van der Waals surface area contributed by atoms with Crippen LogP contribution in [0.15, 0.2) is 30.6 Å². The standard InChI is InChI=1S/C26H34N4O2/c1-16-14-28-21(15-27-16)11-20-12-23(20)26-17(2)18(3)30(19(4)31)25-6-5-22(13-24(25)26)29-7-9-32-10-8-29/h5-6,13-15,17-18,20,23,26H,7-12H2,1-4H3/t17-,18-,20?,23?,26-/m0/s1. The Balaban J connectivity index is 1.46. The molecule has 32 heavy (non-hydrogen) atoms. The highest BCUT2D eigenvalue weighted by Gasteiger charge is 2.50. The van der Waals surface area contributed by atoms with Gasteiger partial charge in [0.05, 0.1) is 24.6 Å². The smallest absolute Gasteiger partial charge is 0.224 e. The second-order valence-corrected chi connectivity index (χ2v) is 9.87. The first-order valence-corrected chi connectivity index (χ1v) is 12.0. The summed E-state index contributed by atoms with van der Waals surface area (Å²) in [4.78, 5) is 26.1. The van der Waals surface area contributed by atoms with Gasteiger partial charge < -0.3 is 14.5 Å². The maximum Gasteiger partial charge on any atom is 0.224 e. The topological polar surface area (TPSA) is 58.6 Å². The van der Waals surface area contributed by atoms with E-state index in [0.717, 1.165) is 49.8 Å². The molecule has 3 aliphatic rings. The van der Waals surface area contributed by atoms with Gasteiger partial charge in [-0.05, 0) is 74.1 Å². The van der Waals surface area contributed by atoms with Gasteiger partial charge in [0.2, 0.25) is 5.91 Å². The number of aryl methyl sites for hydroxylation is 1. The van der Waals surface area contributed by atoms with E-state index in [1.54, 1.807) is 6.92 Å². The third-order valence-electron chi connectivity index (χ3n) is 7.82. The lowest BCUT2D eigenvalue weighted by Crippen LogP contribution is -2.47. The van der Waals surface area contributed by atoms with Crippen LogP contribution in [-0.4, -0.2) is 48.2 Å². The molecular formula is C26H34N4O2. The monoisotopic (exact) mass is 434 g/mol. The zero-order chi connectivity index (χ0) is 22.4. The fourth-order valence-electron chi connectivity index (χ4n) is 5.90. The molecule has 6 nitrogen and oxygen atoms in total. The van der Waals surface area contributed by atoms with Crippen LogP contribution in [0.3, 0.4) is 0 Å². The summed E-state index contributed by atoms with van der Waals surface area (Å²) in [7, 11) is 0. The van der Waals surface area contributed by atoms with Crippen molar-refractivity contribution < 1.29 is 9.53 Å². The molecule has 1 aromatic carbocycles. The third kappa shape index (κ3) is 3.90. The molecule has 1 saturated heterocycles. The summed E-state index contributed by atoms with van der Waals surface area (Å²) in [6.07, 6.45) is 6.01. The number of carbonyl (C=O) groups excluding carboxylic acids is 1. The second-order valence-electron chi connectivity index (χ2n) is 9.87. The van der Waals surface area contributed by atoms with Crippen molar-refractivity contribution in [3.05, 3.63) is 47.5 Å². The van der Waals surface area contributed by atoms with E-state index in [-0.39, 0.29) is 11.9 Å². The molecule has 3 heterocycles. The number of fused-ring (bicyclic) bond motifs is 1. The molecule has 0 radical (unpaired) electrons. The lowest BCUT2D eigenvalue weighted by atomic mass is 9.74. The third-order valence-corrected chi connectivity index (χ3v) is 7.82. The Hall–Kier alpha value is -2.47. The SMILES string of the molecule is CC(=O)N1c2ccc(N3CCOCC3)cc2[C@H](C2CC2Cc2cnc(C)cn2)[C@@H](C)[C@@H]1C. The molecule has 170 valence electrons. The fourth-order valence-corrected chi connectivity index (χ4v) is 5.90. The van der Waals surface area contributed by atoms with Gasteiger partial charge in [0.25, 0.3) is 0 Å². The Morgan fingerprint density at radius 2 is 1.94 bits per heavy atom. The van der Waals surface area contributed by atoms with Gasteiger partial charge in [-0.15, -0.1) is 0 Å². The number of aromatic nitrogens is 2. The van der Waals surface area contributed by atoms with Crippen molar-refractivity contribution in [1.82, 2.24) is 9.97 Å². The van der Waals surface area contributed by atoms with Crippen LogP contribution in [0.5, 0.6) is 0 Å². The van der Waals surface area contributed by atoms with Gasteiger partial charge in [-0.25, -0.2) is 0 Å². The minimum Gasteiger partial charge on any atom is -0.378 e. The van der Waals surface area contributed by atoms with Crippen LogP contribution >= 0.6 is 0 Å². The molecule has 0 bridgehead atoms. The molecule has 0 N–H and O–H groups in total. The zero-order valence-corrected chi connectivity index (χ0v) is 19.6. The molecule has 1 amide bonds. The number of ether oxygens (including phenoxy) is 1. The van der Waals surface area contributed by atoms with Crippen molar-refractivity contribution in [2.45, 2.75) is 52.5 Å². The average Bonchev–Trinajstić information content (AvgIpc) is 3.54. The van der Waals surface area contributed by atoms with E-state index in [2.05, 4.69) is 46.9 Å². The summed E-state index contributed by atoms with van der Waals surface area (Å²) in [6.45, 7) is 11.6. The van der Waals surface area contributed by atoms with Crippen LogP contribution in [-0.2, 0) is 16.0 Å². The molecule has 2 aliphatic heterocycles. The highest BCUT2D eigenvalue weighted by molar-refractivity contribution is 5.94. The number of amides is 1. The summed E-state index contributed by atoms with van der Waals surface area (Å²) in [5.74, 6) is 2.26. The van der Waals surface area contributed by atoms with Crippen LogP contribution < -0.4 is 9.80 Å². The van der Waals surface area contributed by atoms with Crippen LogP contribution in [0.25, 0.3) is 0 Å². The Morgan fingerprint density at radius 1 is 1.16 bits per heavy atom. The van der Waals surface area contributed by atoms with Gasteiger partial charge in [0.15, 0.2) is 0 Å². The van der Waals surface area contributed by atoms with Gasteiger partial charge in [0.1, 0.15) is 0 Å². The normalized spacial score (nSPS) is 29.6. The number of hydrogen-bond donors (Lipinski definition) is 0. The van der Waals surface area contributed by atoms with Crippen LogP contribution in [0.2, 0.25) is 0 Å².